The Labute approximate surface area is 181 Å². The molecule has 10 heteroatoms. The Balaban J connectivity index is 1.84. The molecule has 1 N–H and O–H groups in total. The molecule has 0 aromatic heterocycles. The Morgan fingerprint density at radius 2 is 1.69 bits per heavy atom. The van der Waals surface area contributed by atoms with Crippen LogP contribution in [0.15, 0.2) is 60.7 Å². The average molecular weight is 451 g/mol. The van der Waals surface area contributed by atoms with Crippen LogP contribution in [0.25, 0.3) is 6.08 Å². The quantitative estimate of drug-likeness (QED) is 0.466. The van der Waals surface area contributed by atoms with Crippen molar-refractivity contribution in [1.29, 1.82) is 0 Å². The molecule has 2 aromatic carbocycles. The minimum absolute atomic E-state index is 0.196. The Morgan fingerprint density at radius 3 is 2.28 bits per heavy atom. The first kappa shape index (κ1) is 24.4. The predicted molar refractivity (Wildman–Crippen MR) is 107 cm³/mol. The third-order valence-electron chi connectivity index (χ3n) is 3.97. The summed E-state index contributed by atoms with van der Waals surface area (Å²) >= 11 is 0. The molecule has 0 saturated heterocycles. The van der Waals surface area contributed by atoms with E-state index in [1.165, 1.54) is 25.3 Å². The number of alkyl halides is 3. The summed E-state index contributed by atoms with van der Waals surface area (Å²) in [5, 5.41) is 2.45. The van der Waals surface area contributed by atoms with Crippen LogP contribution in [-0.4, -0.2) is 44.0 Å². The summed E-state index contributed by atoms with van der Waals surface area (Å²) in [7, 11) is 1.19. The first-order valence-electron chi connectivity index (χ1n) is 9.28. The van der Waals surface area contributed by atoms with E-state index in [4.69, 9.17) is 4.74 Å². The number of nitrogens with one attached hydrogen (secondary N) is 1. The Hall–Kier alpha value is -3.82. The van der Waals surface area contributed by atoms with Crippen molar-refractivity contribution in [3.63, 3.8) is 0 Å². The summed E-state index contributed by atoms with van der Waals surface area (Å²) in [6, 6.07) is 12.8. The molecule has 0 aliphatic heterocycles. The lowest BCUT2D eigenvalue weighted by Crippen LogP contribution is -2.44. The van der Waals surface area contributed by atoms with Gasteiger partial charge in [0.15, 0.2) is 6.61 Å². The summed E-state index contributed by atoms with van der Waals surface area (Å²) in [6.07, 6.45) is -2.30. The summed E-state index contributed by atoms with van der Waals surface area (Å²) in [5.41, 5.74) is 1.21. The Kier molecular flexibility index (Phi) is 8.82. The van der Waals surface area contributed by atoms with Gasteiger partial charge in [-0.05, 0) is 29.3 Å². The van der Waals surface area contributed by atoms with Crippen LogP contribution in [0.1, 0.15) is 11.1 Å². The first-order chi connectivity index (χ1) is 15.2. The molecule has 0 bridgehead atoms. The Morgan fingerprint density at radius 1 is 1.03 bits per heavy atom. The molecule has 2 rings (SSSR count). The van der Waals surface area contributed by atoms with E-state index in [1.54, 1.807) is 24.3 Å². The first-order valence-corrected chi connectivity index (χ1v) is 9.28. The smallest absolute Gasteiger partial charge is 0.467 e. The van der Waals surface area contributed by atoms with Crippen LogP contribution in [0, 0.1) is 0 Å². The van der Waals surface area contributed by atoms with Gasteiger partial charge in [0.2, 0.25) is 0 Å². The lowest BCUT2D eigenvalue weighted by atomic mass is 10.1. The normalized spacial score (nSPS) is 12.1. The second-order valence-electron chi connectivity index (χ2n) is 6.39. The average Bonchev–Trinajstić information content (AvgIpc) is 2.76. The lowest BCUT2D eigenvalue weighted by Gasteiger charge is -2.16. The van der Waals surface area contributed by atoms with Gasteiger partial charge in [0.1, 0.15) is 11.8 Å². The summed E-state index contributed by atoms with van der Waals surface area (Å²) in [4.78, 5) is 35.8. The molecule has 1 unspecified atom stereocenters. The molecule has 0 saturated carbocycles. The van der Waals surface area contributed by atoms with E-state index in [2.05, 4.69) is 14.8 Å². The monoisotopic (exact) mass is 451 g/mol. The second kappa shape index (κ2) is 11.5. The lowest BCUT2D eigenvalue weighted by molar-refractivity contribution is -0.274. The van der Waals surface area contributed by atoms with Gasteiger partial charge in [-0.25, -0.2) is 9.59 Å². The molecule has 32 heavy (non-hydrogen) atoms. The molecule has 2 aromatic rings. The van der Waals surface area contributed by atoms with Gasteiger partial charge in [0.25, 0.3) is 5.91 Å². The maximum Gasteiger partial charge on any atom is 0.573 e. The number of carbonyl (C=O) groups excluding carboxylic acids is 3. The number of methoxy groups -OCH3 is 1. The van der Waals surface area contributed by atoms with Gasteiger partial charge < -0.3 is 19.5 Å². The van der Waals surface area contributed by atoms with Gasteiger partial charge in [0, 0.05) is 12.5 Å². The summed E-state index contributed by atoms with van der Waals surface area (Å²) < 4.78 is 49.7. The fourth-order valence-electron chi connectivity index (χ4n) is 2.55. The predicted octanol–water partition coefficient (Wildman–Crippen LogP) is 3.04. The third kappa shape index (κ3) is 8.90. The van der Waals surface area contributed by atoms with E-state index >= 15 is 0 Å². The van der Waals surface area contributed by atoms with Crippen LogP contribution in [0.3, 0.4) is 0 Å². The van der Waals surface area contributed by atoms with Crippen molar-refractivity contribution in [2.24, 2.45) is 0 Å². The topological polar surface area (TPSA) is 90.9 Å². The fraction of sp³-hybridized carbons (Fsp3) is 0.227. The van der Waals surface area contributed by atoms with Gasteiger partial charge in [-0.1, -0.05) is 42.5 Å². The largest absolute Gasteiger partial charge is 0.573 e. The minimum Gasteiger partial charge on any atom is -0.467 e. The van der Waals surface area contributed by atoms with Crippen molar-refractivity contribution in [1.82, 2.24) is 5.32 Å². The number of hydrogen-bond donors (Lipinski definition) is 1. The number of hydrogen-bond acceptors (Lipinski definition) is 6. The van der Waals surface area contributed by atoms with Crippen LogP contribution in [-0.2, 0) is 30.3 Å². The molecule has 7 nitrogen and oxygen atoms in total. The standard InChI is InChI=1S/C22H20F3NO6/c1-30-21(29)18(13-16-5-3-2-4-6-16)26-19(27)14-31-20(28)12-9-15-7-10-17(11-8-15)32-22(23,24)25/h2-12,18H,13-14H2,1H3,(H,26,27)/b12-9+. The zero-order valence-electron chi connectivity index (χ0n) is 16.9. The maximum atomic E-state index is 12.1. The maximum absolute atomic E-state index is 12.1. The van der Waals surface area contributed by atoms with Gasteiger partial charge in [-0.15, -0.1) is 13.2 Å². The number of amides is 1. The van der Waals surface area contributed by atoms with E-state index in [0.717, 1.165) is 23.8 Å². The van der Waals surface area contributed by atoms with Crippen LogP contribution in [0.2, 0.25) is 0 Å². The summed E-state index contributed by atoms with van der Waals surface area (Å²) in [6.45, 7) is -0.635. The zero-order chi connectivity index (χ0) is 23.6. The highest BCUT2D eigenvalue weighted by Gasteiger charge is 2.30. The van der Waals surface area contributed by atoms with E-state index in [-0.39, 0.29) is 6.42 Å². The molecule has 1 amide bonds. The number of benzene rings is 2. The zero-order valence-corrected chi connectivity index (χ0v) is 16.9. The van der Waals surface area contributed by atoms with Gasteiger partial charge in [-0.2, -0.15) is 0 Å². The van der Waals surface area contributed by atoms with E-state index in [0.29, 0.717) is 5.56 Å². The number of rotatable bonds is 9. The molecule has 1 atom stereocenters. The highest BCUT2D eigenvalue weighted by atomic mass is 19.4. The van der Waals surface area contributed by atoms with Crippen molar-refractivity contribution in [2.75, 3.05) is 13.7 Å². The molecule has 0 fully saturated rings. The second-order valence-corrected chi connectivity index (χ2v) is 6.39. The van der Waals surface area contributed by atoms with Crippen LogP contribution < -0.4 is 10.1 Å². The van der Waals surface area contributed by atoms with E-state index in [9.17, 15) is 27.6 Å². The highest BCUT2D eigenvalue weighted by Crippen LogP contribution is 2.23. The molecule has 170 valence electrons. The van der Waals surface area contributed by atoms with Crippen LogP contribution in [0.4, 0.5) is 13.2 Å². The SMILES string of the molecule is COC(=O)C(Cc1ccccc1)NC(=O)COC(=O)/C=C/c1ccc(OC(F)(F)F)cc1. The van der Waals surface area contributed by atoms with Crippen molar-refractivity contribution < 1.29 is 41.8 Å². The number of halogens is 3. The van der Waals surface area contributed by atoms with Crippen molar-refractivity contribution in [3.05, 3.63) is 71.8 Å². The van der Waals surface area contributed by atoms with Gasteiger partial charge >= 0.3 is 18.3 Å². The molecule has 0 spiro atoms. The molecule has 0 aliphatic rings. The third-order valence-corrected chi connectivity index (χ3v) is 3.97. The van der Waals surface area contributed by atoms with Crippen LogP contribution in [0.5, 0.6) is 5.75 Å². The van der Waals surface area contributed by atoms with Gasteiger partial charge in [0.05, 0.1) is 7.11 Å². The molecular formula is C22H20F3NO6. The summed E-state index contributed by atoms with van der Waals surface area (Å²) in [5.74, 6) is -2.60. The number of carbonyl (C=O) groups is 3. The minimum atomic E-state index is -4.80. The molecule has 0 radical (unpaired) electrons. The Bertz CT molecular complexity index is 942. The molecule has 0 aliphatic carbocycles. The van der Waals surface area contributed by atoms with Crippen molar-refractivity contribution in [2.45, 2.75) is 18.8 Å². The number of ether oxygens (including phenoxy) is 3. The van der Waals surface area contributed by atoms with Crippen molar-refractivity contribution >= 4 is 23.9 Å². The highest BCUT2D eigenvalue weighted by molar-refractivity contribution is 5.90. The fourth-order valence-corrected chi connectivity index (χ4v) is 2.55. The molecular weight excluding hydrogens is 431 g/mol. The van der Waals surface area contributed by atoms with Crippen LogP contribution >= 0.6 is 0 Å². The number of esters is 2. The van der Waals surface area contributed by atoms with Crippen molar-refractivity contribution in [3.8, 4) is 5.75 Å². The molecule has 0 heterocycles. The van der Waals surface area contributed by atoms with E-state index in [1.807, 2.05) is 6.07 Å². The van der Waals surface area contributed by atoms with Gasteiger partial charge in [-0.3, -0.25) is 4.79 Å². The van der Waals surface area contributed by atoms with E-state index < -0.39 is 42.6 Å².